The van der Waals surface area contributed by atoms with E-state index in [1.807, 2.05) is 6.07 Å². The highest BCUT2D eigenvalue weighted by atomic mass is 19.1. The molecule has 0 aliphatic carbocycles. The molecule has 3 nitrogen and oxygen atoms in total. The maximum absolute atomic E-state index is 14.4. The van der Waals surface area contributed by atoms with Gasteiger partial charge in [-0.15, -0.1) is 0 Å². The minimum atomic E-state index is -0.346. The Morgan fingerprint density at radius 2 is 1.62 bits per heavy atom. The Kier molecular flexibility index (Phi) is 5.85. The zero-order valence-electron chi connectivity index (χ0n) is 14.3. The molecular formula is C20H22FNO2. The lowest BCUT2D eigenvalue weighted by Gasteiger charge is -2.17. The number of halogens is 1. The largest absolute Gasteiger partial charge is 0.274 e. The van der Waals surface area contributed by atoms with Gasteiger partial charge in [0.1, 0.15) is 5.82 Å². The predicted octanol–water partition coefficient (Wildman–Crippen LogP) is 4.73. The van der Waals surface area contributed by atoms with Crippen molar-refractivity contribution in [3.63, 3.8) is 0 Å². The third kappa shape index (κ3) is 4.07. The second kappa shape index (κ2) is 7.86. The van der Waals surface area contributed by atoms with Crippen LogP contribution in [0.2, 0.25) is 0 Å². The number of imide groups is 1. The highest BCUT2D eigenvalue weighted by molar-refractivity contribution is 6.13. The van der Waals surface area contributed by atoms with Gasteiger partial charge in [0.2, 0.25) is 11.8 Å². The number of aryl methyl sites for hydroxylation is 1. The van der Waals surface area contributed by atoms with Gasteiger partial charge in [0.25, 0.3) is 0 Å². The Labute approximate surface area is 142 Å². The van der Waals surface area contributed by atoms with Crippen molar-refractivity contribution in [2.24, 2.45) is 0 Å². The first kappa shape index (κ1) is 17.9. The van der Waals surface area contributed by atoms with Crippen LogP contribution < -0.4 is 4.90 Å². The Morgan fingerprint density at radius 3 is 2.12 bits per heavy atom. The number of carbonyl (C=O) groups is 2. The zero-order chi connectivity index (χ0) is 17.7. The average molecular weight is 327 g/mol. The smallest absolute Gasteiger partial charge is 0.230 e. The highest BCUT2D eigenvalue weighted by Gasteiger charge is 2.16. The highest BCUT2D eigenvalue weighted by Crippen LogP contribution is 2.27. The van der Waals surface area contributed by atoms with Crippen molar-refractivity contribution in [3.8, 4) is 11.1 Å². The van der Waals surface area contributed by atoms with Crippen LogP contribution in [-0.2, 0) is 16.0 Å². The molecule has 0 fully saturated rings. The molecule has 2 aromatic carbocycles. The first-order valence-electron chi connectivity index (χ1n) is 8.14. The number of rotatable bonds is 5. The minimum Gasteiger partial charge on any atom is -0.274 e. The van der Waals surface area contributed by atoms with Crippen molar-refractivity contribution in [1.29, 1.82) is 0 Å². The van der Waals surface area contributed by atoms with E-state index in [0.717, 1.165) is 29.7 Å². The maximum atomic E-state index is 14.4. The summed E-state index contributed by atoms with van der Waals surface area (Å²) >= 11 is 0. The van der Waals surface area contributed by atoms with Crippen molar-refractivity contribution in [1.82, 2.24) is 0 Å². The van der Waals surface area contributed by atoms with Crippen LogP contribution in [0.3, 0.4) is 0 Å². The standard InChI is InChI=1S/C20H22FNO2/c1-4-5-6-16-7-12-19(20(21)13-16)17-8-10-18(11-9-17)22(14(2)23)15(3)24/h7-13H,4-6H2,1-3H3. The van der Waals surface area contributed by atoms with Crippen LogP contribution in [0.4, 0.5) is 10.1 Å². The Balaban J connectivity index is 2.27. The molecule has 0 aliphatic rings. The quantitative estimate of drug-likeness (QED) is 0.796. The molecule has 0 radical (unpaired) electrons. The second-order valence-electron chi connectivity index (χ2n) is 5.84. The molecule has 126 valence electrons. The van der Waals surface area contributed by atoms with Crippen molar-refractivity contribution >= 4 is 17.5 Å². The molecule has 0 heterocycles. The summed E-state index contributed by atoms with van der Waals surface area (Å²) in [4.78, 5) is 24.2. The molecule has 0 aliphatic heterocycles. The van der Waals surface area contributed by atoms with E-state index >= 15 is 0 Å². The Hall–Kier alpha value is -2.49. The van der Waals surface area contributed by atoms with E-state index in [4.69, 9.17) is 0 Å². The van der Waals surface area contributed by atoms with Crippen molar-refractivity contribution in [3.05, 3.63) is 53.8 Å². The van der Waals surface area contributed by atoms with E-state index in [-0.39, 0.29) is 17.6 Å². The maximum Gasteiger partial charge on any atom is 0.230 e. The van der Waals surface area contributed by atoms with Crippen LogP contribution >= 0.6 is 0 Å². The van der Waals surface area contributed by atoms with Gasteiger partial charge in [0.05, 0.1) is 5.69 Å². The molecule has 0 unspecified atom stereocenters. The fourth-order valence-electron chi connectivity index (χ4n) is 2.70. The number of hydrogen-bond donors (Lipinski definition) is 0. The van der Waals surface area contributed by atoms with Gasteiger partial charge in [-0.1, -0.05) is 37.6 Å². The first-order chi connectivity index (χ1) is 11.4. The number of hydrogen-bond acceptors (Lipinski definition) is 2. The summed E-state index contributed by atoms with van der Waals surface area (Å²) in [7, 11) is 0. The van der Waals surface area contributed by atoms with Gasteiger partial charge < -0.3 is 0 Å². The predicted molar refractivity (Wildman–Crippen MR) is 94.3 cm³/mol. The monoisotopic (exact) mass is 327 g/mol. The molecular weight excluding hydrogens is 305 g/mol. The summed E-state index contributed by atoms with van der Waals surface area (Å²) in [6, 6.07) is 12.1. The molecule has 0 saturated heterocycles. The summed E-state index contributed by atoms with van der Waals surface area (Å²) in [6.07, 6.45) is 2.99. The lowest BCUT2D eigenvalue weighted by molar-refractivity contribution is -0.124. The van der Waals surface area contributed by atoms with Crippen LogP contribution in [0.1, 0.15) is 39.2 Å². The normalized spacial score (nSPS) is 10.5. The van der Waals surface area contributed by atoms with Crippen LogP contribution in [0.5, 0.6) is 0 Å². The fourth-order valence-corrected chi connectivity index (χ4v) is 2.70. The first-order valence-corrected chi connectivity index (χ1v) is 8.14. The topological polar surface area (TPSA) is 37.4 Å². The Morgan fingerprint density at radius 1 is 1.00 bits per heavy atom. The number of carbonyl (C=O) groups excluding carboxylic acids is 2. The second-order valence-corrected chi connectivity index (χ2v) is 5.84. The van der Waals surface area contributed by atoms with Gasteiger partial charge in [-0.25, -0.2) is 4.39 Å². The average Bonchev–Trinajstić information content (AvgIpc) is 2.53. The van der Waals surface area contributed by atoms with E-state index in [1.54, 1.807) is 36.4 Å². The van der Waals surface area contributed by atoms with E-state index in [9.17, 15) is 14.0 Å². The third-order valence-electron chi connectivity index (χ3n) is 3.92. The fraction of sp³-hybridized carbons (Fsp3) is 0.300. The molecule has 4 heteroatoms. The molecule has 0 saturated carbocycles. The van der Waals surface area contributed by atoms with Gasteiger partial charge in [-0.05, 0) is 42.2 Å². The third-order valence-corrected chi connectivity index (χ3v) is 3.92. The number of unbranched alkanes of at least 4 members (excludes halogenated alkanes) is 1. The summed E-state index contributed by atoms with van der Waals surface area (Å²) in [5, 5.41) is 0. The van der Waals surface area contributed by atoms with Gasteiger partial charge >= 0.3 is 0 Å². The van der Waals surface area contributed by atoms with Crippen LogP contribution in [0.15, 0.2) is 42.5 Å². The van der Waals surface area contributed by atoms with Crippen LogP contribution in [0.25, 0.3) is 11.1 Å². The number of amides is 2. The van der Waals surface area contributed by atoms with E-state index in [2.05, 4.69) is 6.92 Å². The number of benzene rings is 2. The SMILES string of the molecule is CCCCc1ccc(-c2ccc(N(C(C)=O)C(C)=O)cc2)c(F)c1. The van der Waals surface area contributed by atoms with Gasteiger partial charge in [-0.3, -0.25) is 14.5 Å². The Bertz CT molecular complexity index is 724. The molecule has 0 spiro atoms. The molecule has 0 N–H and O–H groups in total. The lowest BCUT2D eigenvalue weighted by Crippen LogP contribution is -2.32. The van der Waals surface area contributed by atoms with E-state index in [0.29, 0.717) is 16.8 Å². The summed E-state index contributed by atoms with van der Waals surface area (Å²) in [6.45, 7) is 4.78. The molecule has 2 amide bonds. The van der Waals surface area contributed by atoms with Crippen molar-refractivity contribution < 1.29 is 14.0 Å². The van der Waals surface area contributed by atoms with E-state index < -0.39 is 0 Å². The van der Waals surface area contributed by atoms with Crippen molar-refractivity contribution in [2.75, 3.05) is 4.90 Å². The van der Waals surface area contributed by atoms with Crippen LogP contribution in [-0.4, -0.2) is 11.8 Å². The van der Waals surface area contributed by atoms with Gasteiger partial charge in [0, 0.05) is 19.4 Å². The number of nitrogens with zero attached hydrogens (tertiary/aromatic N) is 1. The van der Waals surface area contributed by atoms with Crippen LogP contribution in [0, 0.1) is 5.82 Å². The minimum absolute atomic E-state index is 0.258. The molecule has 0 bridgehead atoms. The summed E-state index contributed by atoms with van der Waals surface area (Å²) in [5.74, 6) is -0.949. The molecule has 24 heavy (non-hydrogen) atoms. The van der Waals surface area contributed by atoms with Gasteiger partial charge in [-0.2, -0.15) is 0 Å². The molecule has 0 atom stereocenters. The van der Waals surface area contributed by atoms with E-state index in [1.165, 1.54) is 13.8 Å². The molecule has 2 rings (SSSR count). The molecule has 2 aromatic rings. The summed E-state index contributed by atoms with van der Waals surface area (Å²) < 4.78 is 14.4. The number of anilines is 1. The summed E-state index contributed by atoms with van der Waals surface area (Å²) in [5.41, 5.74) is 2.71. The zero-order valence-corrected chi connectivity index (χ0v) is 14.3. The van der Waals surface area contributed by atoms with Gasteiger partial charge in [0.15, 0.2) is 0 Å². The molecule has 0 aromatic heterocycles. The lowest BCUT2D eigenvalue weighted by atomic mass is 10.0. The van der Waals surface area contributed by atoms with Crippen molar-refractivity contribution in [2.45, 2.75) is 40.0 Å².